The topological polar surface area (TPSA) is 75.6 Å². The van der Waals surface area contributed by atoms with Gasteiger partial charge in [0.25, 0.3) is 5.97 Å². The first-order valence-electron chi connectivity index (χ1n) is 5.17. The lowest BCUT2D eigenvalue weighted by Gasteiger charge is -2.04. The quantitative estimate of drug-likeness (QED) is 0.817. The van der Waals surface area contributed by atoms with Crippen molar-refractivity contribution in [3.63, 3.8) is 0 Å². The molecule has 0 aliphatic heterocycles. The zero-order chi connectivity index (χ0) is 14.0. The third-order valence-electron chi connectivity index (χ3n) is 1.77. The van der Waals surface area contributed by atoms with Crippen LogP contribution in [0.4, 0.5) is 0 Å². The summed E-state index contributed by atoms with van der Waals surface area (Å²) < 4.78 is 4.48. The molecule has 0 aromatic heterocycles. The van der Waals surface area contributed by atoms with Gasteiger partial charge in [-0.3, -0.25) is 9.59 Å². The van der Waals surface area contributed by atoms with E-state index in [-0.39, 0.29) is 12.5 Å². The Bertz CT molecular complexity index is 391. The number of rotatable bonds is 4. The van der Waals surface area contributed by atoms with E-state index in [9.17, 15) is 4.79 Å². The molecule has 0 radical (unpaired) electrons. The van der Waals surface area contributed by atoms with Crippen LogP contribution in [0.5, 0.6) is 0 Å². The van der Waals surface area contributed by atoms with E-state index in [0.29, 0.717) is 11.6 Å². The number of carbonyl (C=O) groups excluding carboxylic acids is 1. The molecule has 0 heterocycles. The van der Waals surface area contributed by atoms with Gasteiger partial charge in [-0.15, -0.1) is 0 Å². The van der Waals surface area contributed by atoms with Gasteiger partial charge in [0.15, 0.2) is 0 Å². The van der Waals surface area contributed by atoms with Crippen molar-refractivity contribution >= 4 is 23.5 Å². The van der Waals surface area contributed by atoms with Gasteiger partial charge in [0.05, 0.1) is 13.7 Å². The Kier molecular flexibility index (Phi) is 8.61. The Morgan fingerprint density at radius 2 is 1.94 bits per heavy atom. The number of nitrogens with one attached hydrogen (secondary N) is 1. The Balaban J connectivity index is 0.000000631. The predicted molar refractivity (Wildman–Crippen MR) is 68.5 cm³/mol. The van der Waals surface area contributed by atoms with Gasteiger partial charge in [0, 0.05) is 18.5 Å². The Labute approximate surface area is 111 Å². The summed E-state index contributed by atoms with van der Waals surface area (Å²) in [7, 11) is 1.36. The van der Waals surface area contributed by atoms with Crippen molar-refractivity contribution in [2.45, 2.75) is 13.5 Å². The molecular weight excluding hydrogens is 258 g/mol. The number of methoxy groups -OCH3 is 1. The zero-order valence-electron chi connectivity index (χ0n) is 10.3. The summed E-state index contributed by atoms with van der Waals surface area (Å²) in [6.07, 6.45) is 0. The molecule has 0 aliphatic rings. The fourth-order valence-corrected chi connectivity index (χ4v) is 1.22. The summed E-state index contributed by atoms with van der Waals surface area (Å²) in [4.78, 5) is 19.8. The maximum atomic E-state index is 10.8. The number of carboxylic acid groups (broad SMARTS) is 1. The van der Waals surface area contributed by atoms with E-state index in [2.05, 4.69) is 10.1 Å². The highest BCUT2D eigenvalue weighted by atomic mass is 35.5. The molecule has 0 atom stereocenters. The SMILES string of the molecule is CC(=O)O.COC(=O)CNCc1ccccc1Cl. The van der Waals surface area contributed by atoms with E-state index < -0.39 is 5.97 Å². The molecule has 6 heteroatoms. The second-order valence-corrected chi connectivity index (χ2v) is 3.70. The van der Waals surface area contributed by atoms with Crippen molar-refractivity contribution in [1.29, 1.82) is 0 Å². The molecule has 0 unspecified atom stereocenters. The molecule has 0 bridgehead atoms. The fourth-order valence-electron chi connectivity index (χ4n) is 1.01. The van der Waals surface area contributed by atoms with E-state index in [4.69, 9.17) is 21.5 Å². The zero-order valence-corrected chi connectivity index (χ0v) is 11.0. The van der Waals surface area contributed by atoms with Crippen LogP contribution in [-0.2, 0) is 20.9 Å². The minimum absolute atomic E-state index is 0.196. The van der Waals surface area contributed by atoms with Crippen LogP contribution in [0.15, 0.2) is 24.3 Å². The number of hydrogen-bond donors (Lipinski definition) is 2. The molecule has 0 fully saturated rings. The number of aliphatic carboxylic acids is 1. The van der Waals surface area contributed by atoms with E-state index in [1.807, 2.05) is 24.3 Å². The Hall–Kier alpha value is -1.59. The number of hydrogen-bond acceptors (Lipinski definition) is 4. The summed E-state index contributed by atoms with van der Waals surface area (Å²) in [5.41, 5.74) is 0.970. The number of carbonyl (C=O) groups is 2. The van der Waals surface area contributed by atoms with Crippen LogP contribution in [-0.4, -0.2) is 30.7 Å². The number of halogens is 1. The minimum atomic E-state index is -0.833. The molecule has 0 saturated heterocycles. The smallest absolute Gasteiger partial charge is 0.319 e. The summed E-state index contributed by atoms with van der Waals surface area (Å²) in [6.45, 7) is 1.84. The van der Waals surface area contributed by atoms with E-state index in [1.54, 1.807) is 0 Å². The maximum absolute atomic E-state index is 10.8. The molecular formula is C12H16ClNO4. The van der Waals surface area contributed by atoms with Crippen molar-refractivity contribution in [3.8, 4) is 0 Å². The monoisotopic (exact) mass is 273 g/mol. The van der Waals surface area contributed by atoms with Gasteiger partial charge in [0.1, 0.15) is 0 Å². The van der Waals surface area contributed by atoms with Crippen LogP contribution in [0.1, 0.15) is 12.5 Å². The van der Waals surface area contributed by atoms with E-state index >= 15 is 0 Å². The molecule has 1 aromatic carbocycles. The average molecular weight is 274 g/mol. The first kappa shape index (κ1) is 16.4. The minimum Gasteiger partial charge on any atom is -0.481 e. The first-order chi connectivity index (χ1) is 8.47. The van der Waals surface area contributed by atoms with E-state index in [1.165, 1.54) is 7.11 Å². The third kappa shape index (κ3) is 8.55. The van der Waals surface area contributed by atoms with Crippen LogP contribution in [0, 0.1) is 0 Å². The van der Waals surface area contributed by atoms with Crippen LogP contribution in [0.2, 0.25) is 5.02 Å². The average Bonchev–Trinajstić information content (AvgIpc) is 2.30. The van der Waals surface area contributed by atoms with Crippen molar-refractivity contribution < 1.29 is 19.4 Å². The number of benzene rings is 1. The fraction of sp³-hybridized carbons (Fsp3) is 0.333. The first-order valence-corrected chi connectivity index (χ1v) is 5.55. The van der Waals surface area contributed by atoms with Crippen LogP contribution in [0.25, 0.3) is 0 Å². The van der Waals surface area contributed by atoms with Gasteiger partial charge >= 0.3 is 5.97 Å². The summed E-state index contributed by atoms with van der Waals surface area (Å²) in [6, 6.07) is 7.50. The number of esters is 1. The second-order valence-electron chi connectivity index (χ2n) is 3.29. The maximum Gasteiger partial charge on any atom is 0.319 e. The molecule has 2 N–H and O–H groups in total. The second kappa shape index (κ2) is 9.44. The van der Waals surface area contributed by atoms with Gasteiger partial charge in [0.2, 0.25) is 0 Å². The highest BCUT2D eigenvalue weighted by molar-refractivity contribution is 6.31. The highest BCUT2D eigenvalue weighted by Crippen LogP contribution is 2.13. The van der Waals surface area contributed by atoms with Crippen LogP contribution in [0.3, 0.4) is 0 Å². The molecule has 0 spiro atoms. The number of carboxylic acids is 1. The molecule has 18 heavy (non-hydrogen) atoms. The molecule has 0 saturated carbocycles. The largest absolute Gasteiger partial charge is 0.481 e. The van der Waals surface area contributed by atoms with E-state index in [0.717, 1.165) is 12.5 Å². The van der Waals surface area contributed by atoms with Crippen molar-refractivity contribution in [2.24, 2.45) is 0 Å². The van der Waals surface area contributed by atoms with Gasteiger partial charge < -0.3 is 15.2 Å². The lowest BCUT2D eigenvalue weighted by Crippen LogP contribution is -2.23. The summed E-state index contributed by atoms with van der Waals surface area (Å²) in [5.74, 6) is -1.11. The highest BCUT2D eigenvalue weighted by Gasteiger charge is 2.01. The predicted octanol–water partition coefficient (Wildman–Crippen LogP) is 1.69. The number of ether oxygens (including phenoxy) is 1. The molecule has 100 valence electrons. The Morgan fingerprint density at radius 3 is 2.44 bits per heavy atom. The van der Waals surface area contributed by atoms with Crippen molar-refractivity contribution in [3.05, 3.63) is 34.9 Å². The standard InChI is InChI=1S/C10H12ClNO2.C2H4O2/c1-14-10(13)7-12-6-8-4-2-3-5-9(8)11;1-2(3)4/h2-5,12H,6-7H2,1H3;1H3,(H,3,4). The van der Waals surface area contributed by atoms with Gasteiger partial charge in [-0.25, -0.2) is 0 Å². The lowest BCUT2D eigenvalue weighted by molar-refractivity contribution is -0.139. The summed E-state index contributed by atoms with van der Waals surface area (Å²) >= 11 is 5.92. The van der Waals surface area contributed by atoms with Gasteiger partial charge in [-0.2, -0.15) is 0 Å². The van der Waals surface area contributed by atoms with Crippen molar-refractivity contribution in [2.75, 3.05) is 13.7 Å². The van der Waals surface area contributed by atoms with Crippen LogP contribution >= 0.6 is 11.6 Å². The third-order valence-corrected chi connectivity index (χ3v) is 2.14. The van der Waals surface area contributed by atoms with Gasteiger partial charge in [-0.05, 0) is 11.6 Å². The Morgan fingerprint density at radius 1 is 1.39 bits per heavy atom. The normalized spacial score (nSPS) is 9.06. The van der Waals surface area contributed by atoms with Crippen molar-refractivity contribution in [1.82, 2.24) is 5.32 Å². The molecule has 1 rings (SSSR count). The molecule has 1 aromatic rings. The summed E-state index contributed by atoms with van der Waals surface area (Å²) in [5, 5.41) is 11.0. The lowest BCUT2D eigenvalue weighted by atomic mass is 10.2. The molecule has 0 aliphatic carbocycles. The molecule has 5 nitrogen and oxygen atoms in total. The van der Waals surface area contributed by atoms with Crippen LogP contribution < -0.4 is 5.32 Å². The van der Waals surface area contributed by atoms with Gasteiger partial charge in [-0.1, -0.05) is 29.8 Å². The molecule has 0 amide bonds.